The quantitative estimate of drug-likeness (QED) is 0.886. The first-order chi connectivity index (χ1) is 8.60. The van der Waals surface area contributed by atoms with Crippen LogP contribution in [0.4, 0.5) is 0 Å². The number of nitrogens with zero attached hydrogens (tertiary/aromatic N) is 1. The fourth-order valence-electron chi connectivity index (χ4n) is 2.00. The summed E-state index contributed by atoms with van der Waals surface area (Å²) in [7, 11) is 0. The van der Waals surface area contributed by atoms with Gasteiger partial charge in [-0.3, -0.25) is 0 Å². The van der Waals surface area contributed by atoms with Crippen molar-refractivity contribution in [3.05, 3.63) is 37.5 Å². The van der Waals surface area contributed by atoms with E-state index in [1.807, 2.05) is 11.3 Å². The first-order valence-electron chi connectivity index (χ1n) is 6.35. The van der Waals surface area contributed by atoms with Crippen molar-refractivity contribution in [3.8, 4) is 0 Å². The number of thiophene rings is 1. The van der Waals surface area contributed by atoms with Crippen molar-refractivity contribution in [2.75, 3.05) is 0 Å². The SMILES string of the molecule is CCc1ccc(CNC(C)c2nc(C)sc2C)s1. The molecule has 0 aromatic carbocycles. The van der Waals surface area contributed by atoms with E-state index in [0.717, 1.165) is 18.0 Å². The van der Waals surface area contributed by atoms with Crippen molar-refractivity contribution in [1.29, 1.82) is 0 Å². The second-order valence-corrected chi connectivity index (χ2v) is 7.16. The molecule has 2 aromatic heterocycles. The number of aromatic nitrogens is 1. The van der Waals surface area contributed by atoms with Gasteiger partial charge in [-0.1, -0.05) is 6.92 Å². The molecular weight excluding hydrogens is 260 g/mol. The molecule has 0 saturated heterocycles. The molecule has 4 heteroatoms. The lowest BCUT2D eigenvalue weighted by Crippen LogP contribution is -2.18. The second-order valence-electron chi connectivity index (χ2n) is 4.50. The molecule has 1 atom stereocenters. The van der Waals surface area contributed by atoms with E-state index < -0.39 is 0 Å². The van der Waals surface area contributed by atoms with Crippen LogP contribution < -0.4 is 5.32 Å². The second kappa shape index (κ2) is 5.95. The fourth-order valence-corrected chi connectivity index (χ4v) is 3.83. The van der Waals surface area contributed by atoms with E-state index in [0.29, 0.717) is 6.04 Å². The molecule has 1 unspecified atom stereocenters. The van der Waals surface area contributed by atoms with Gasteiger partial charge in [0.15, 0.2) is 0 Å². The molecule has 0 saturated carbocycles. The molecule has 0 fully saturated rings. The average molecular weight is 280 g/mol. The van der Waals surface area contributed by atoms with Crippen LogP contribution in [0.25, 0.3) is 0 Å². The molecule has 18 heavy (non-hydrogen) atoms. The highest BCUT2D eigenvalue weighted by molar-refractivity contribution is 7.12. The zero-order valence-electron chi connectivity index (χ0n) is 11.4. The lowest BCUT2D eigenvalue weighted by Gasteiger charge is -2.11. The Hall–Kier alpha value is -0.710. The molecule has 98 valence electrons. The zero-order chi connectivity index (χ0) is 13.1. The predicted octanol–water partition coefficient (Wildman–Crippen LogP) is 4.23. The van der Waals surface area contributed by atoms with E-state index in [9.17, 15) is 0 Å². The molecule has 0 bridgehead atoms. The summed E-state index contributed by atoms with van der Waals surface area (Å²) in [5.74, 6) is 0. The minimum absolute atomic E-state index is 0.321. The summed E-state index contributed by atoms with van der Waals surface area (Å²) in [5, 5.41) is 4.71. The van der Waals surface area contributed by atoms with Crippen LogP contribution in [-0.2, 0) is 13.0 Å². The minimum Gasteiger partial charge on any atom is -0.304 e. The number of hydrogen-bond acceptors (Lipinski definition) is 4. The predicted molar refractivity (Wildman–Crippen MR) is 80.5 cm³/mol. The van der Waals surface area contributed by atoms with Gasteiger partial charge in [0.1, 0.15) is 0 Å². The van der Waals surface area contributed by atoms with Gasteiger partial charge in [-0.25, -0.2) is 4.98 Å². The summed E-state index contributed by atoms with van der Waals surface area (Å²) in [4.78, 5) is 8.79. The molecule has 0 aliphatic heterocycles. The van der Waals surface area contributed by atoms with Gasteiger partial charge in [0, 0.05) is 27.2 Å². The Morgan fingerprint density at radius 3 is 2.50 bits per heavy atom. The molecule has 0 aliphatic carbocycles. The maximum atomic E-state index is 4.60. The summed E-state index contributed by atoms with van der Waals surface area (Å²) in [6.45, 7) is 9.55. The Morgan fingerprint density at radius 2 is 1.94 bits per heavy atom. The van der Waals surface area contributed by atoms with Crippen molar-refractivity contribution in [2.24, 2.45) is 0 Å². The lowest BCUT2D eigenvalue weighted by molar-refractivity contribution is 0.565. The molecule has 0 amide bonds. The van der Waals surface area contributed by atoms with E-state index in [2.05, 4.69) is 50.1 Å². The highest BCUT2D eigenvalue weighted by Crippen LogP contribution is 2.23. The fraction of sp³-hybridized carbons (Fsp3) is 0.500. The number of hydrogen-bond donors (Lipinski definition) is 1. The van der Waals surface area contributed by atoms with E-state index in [4.69, 9.17) is 0 Å². The molecule has 0 aliphatic rings. The smallest absolute Gasteiger partial charge is 0.0900 e. The van der Waals surface area contributed by atoms with E-state index in [-0.39, 0.29) is 0 Å². The third-order valence-electron chi connectivity index (χ3n) is 3.00. The van der Waals surface area contributed by atoms with Gasteiger partial charge >= 0.3 is 0 Å². The monoisotopic (exact) mass is 280 g/mol. The number of rotatable bonds is 5. The van der Waals surface area contributed by atoms with Gasteiger partial charge in [0.25, 0.3) is 0 Å². The van der Waals surface area contributed by atoms with Crippen molar-refractivity contribution >= 4 is 22.7 Å². The van der Waals surface area contributed by atoms with Crippen LogP contribution >= 0.6 is 22.7 Å². The summed E-state index contributed by atoms with van der Waals surface area (Å²) in [5.41, 5.74) is 1.20. The molecular formula is C14H20N2S2. The molecule has 2 nitrogen and oxygen atoms in total. The van der Waals surface area contributed by atoms with Crippen LogP contribution in [0.5, 0.6) is 0 Å². The molecule has 2 heterocycles. The normalized spacial score (nSPS) is 12.9. The first kappa shape index (κ1) is 13.7. The third-order valence-corrected chi connectivity index (χ3v) is 5.13. The largest absolute Gasteiger partial charge is 0.304 e. The maximum absolute atomic E-state index is 4.60. The Bertz CT molecular complexity index is 514. The standard InChI is InChI=1S/C14H20N2S2/c1-5-12-6-7-13(18-12)8-15-9(2)14-10(3)17-11(4)16-14/h6-7,9,15H,5,8H2,1-4H3. The van der Waals surface area contributed by atoms with Crippen LogP contribution in [0.1, 0.15) is 45.2 Å². The van der Waals surface area contributed by atoms with Crippen LogP contribution in [0.15, 0.2) is 12.1 Å². The number of aryl methyl sites for hydroxylation is 3. The summed E-state index contributed by atoms with van der Waals surface area (Å²) >= 11 is 3.68. The Balaban J connectivity index is 1.95. The summed E-state index contributed by atoms with van der Waals surface area (Å²) < 4.78 is 0. The van der Waals surface area contributed by atoms with Crippen LogP contribution in [0.3, 0.4) is 0 Å². The highest BCUT2D eigenvalue weighted by Gasteiger charge is 2.12. The van der Waals surface area contributed by atoms with Gasteiger partial charge in [0.05, 0.1) is 10.7 Å². The van der Waals surface area contributed by atoms with E-state index in [1.165, 1.54) is 20.3 Å². The molecule has 2 aromatic rings. The average Bonchev–Trinajstić information content (AvgIpc) is 2.92. The van der Waals surface area contributed by atoms with Gasteiger partial charge < -0.3 is 5.32 Å². The number of nitrogens with one attached hydrogen (secondary N) is 1. The van der Waals surface area contributed by atoms with Gasteiger partial charge in [-0.05, 0) is 39.3 Å². The van der Waals surface area contributed by atoms with Crippen LogP contribution in [0.2, 0.25) is 0 Å². The van der Waals surface area contributed by atoms with Crippen molar-refractivity contribution in [3.63, 3.8) is 0 Å². The van der Waals surface area contributed by atoms with Crippen LogP contribution in [0, 0.1) is 13.8 Å². The zero-order valence-corrected chi connectivity index (χ0v) is 13.0. The third kappa shape index (κ3) is 3.19. The van der Waals surface area contributed by atoms with Gasteiger partial charge in [0.2, 0.25) is 0 Å². The van der Waals surface area contributed by atoms with Gasteiger partial charge in [-0.15, -0.1) is 22.7 Å². The minimum atomic E-state index is 0.321. The molecule has 0 radical (unpaired) electrons. The lowest BCUT2D eigenvalue weighted by atomic mass is 10.2. The topological polar surface area (TPSA) is 24.9 Å². The molecule has 0 spiro atoms. The Labute approximate surface area is 117 Å². The Morgan fingerprint density at radius 1 is 1.22 bits per heavy atom. The number of thiazole rings is 1. The van der Waals surface area contributed by atoms with Gasteiger partial charge in [-0.2, -0.15) is 0 Å². The van der Waals surface area contributed by atoms with Crippen LogP contribution in [-0.4, -0.2) is 4.98 Å². The van der Waals surface area contributed by atoms with E-state index in [1.54, 1.807) is 11.3 Å². The van der Waals surface area contributed by atoms with Crippen molar-refractivity contribution in [1.82, 2.24) is 10.3 Å². The summed E-state index contributed by atoms with van der Waals surface area (Å²) in [6, 6.07) is 4.77. The highest BCUT2D eigenvalue weighted by atomic mass is 32.1. The van der Waals surface area contributed by atoms with Crippen molar-refractivity contribution < 1.29 is 0 Å². The first-order valence-corrected chi connectivity index (χ1v) is 7.98. The summed E-state index contributed by atoms with van der Waals surface area (Å²) in [6.07, 6.45) is 1.13. The van der Waals surface area contributed by atoms with E-state index >= 15 is 0 Å². The molecule has 1 N–H and O–H groups in total. The van der Waals surface area contributed by atoms with Crippen molar-refractivity contribution in [2.45, 2.75) is 46.7 Å². The molecule has 2 rings (SSSR count). The Kier molecular flexibility index (Phi) is 4.54. The maximum Gasteiger partial charge on any atom is 0.0900 e.